The molecule has 110 valence electrons. The number of hydrogen-bond donors (Lipinski definition) is 0. The lowest BCUT2D eigenvalue weighted by Crippen LogP contribution is -2.19. The zero-order valence-corrected chi connectivity index (χ0v) is 12.2. The van der Waals surface area contributed by atoms with Crippen LogP contribution in [0, 0.1) is 0 Å². The Morgan fingerprint density at radius 2 is 1.75 bits per heavy atom. The molecule has 1 aromatic rings. The summed E-state index contributed by atoms with van der Waals surface area (Å²) in [5, 5.41) is 0. The molecule has 0 aromatic heterocycles. The quantitative estimate of drug-likeness (QED) is 0.536. The highest BCUT2D eigenvalue weighted by Gasteiger charge is 2.09. The van der Waals surface area contributed by atoms with E-state index in [9.17, 15) is 9.59 Å². The summed E-state index contributed by atoms with van der Waals surface area (Å²) in [6, 6.07) is 6.96. The second-order valence-corrected chi connectivity index (χ2v) is 4.68. The van der Waals surface area contributed by atoms with Crippen molar-refractivity contribution in [3.05, 3.63) is 29.8 Å². The van der Waals surface area contributed by atoms with Crippen LogP contribution in [0.1, 0.15) is 23.2 Å². The van der Waals surface area contributed by atoms with E-state index in [1.807, 2.05) is 19.0 Å². The van der Waals surface area contributed by atoms with E-state index in [2.05, 4.69) is 4.74 Å². The van der Waals surface area contributed by atoms with Gasteiger partial charge in [-0.15, -0.1) is 0 Å². The number of likely N-dealkylation sites (N-methyl/N-ethyl adjacent to an activating group) is 1. The molecule has 0 unspecified atom stereocenters. The average molecular weight is 279 g/mol. The van der Waals surface area contributed by atoms with E-state index in [4.69, 9.17) is 4.74 Å². The number of rotatable bonds is 8. The van der Waals surface area contributed by atoms with E-state index in [1.54, 1.807) is 24.3 Å². The third-order valence-electron chi connectivity index (χ3n) is 2.77. The van der Waals surface area contributed by atoms with Crippen LogP contribution in [0.25, 0.3) is 0 Å². The molecule has 0 atom stereocenters. The van der Waals surface area contributed by atoms with Gasteiger partial charge in [0.15, 0.2) is 5.78 Å². The van der Waals surface area contributed by atoms with E-state index >= 15 is 0 Å². The first-order valence-electron chi connectivity index (χ1n) is 6.50. The maximum absolute atomic E-state index is 11.8. The molecule has 5 heteroatoms. The van der Waals surface area contributed by atoms with Crippen LogP contribution in [0.4, 0.5) is 0 Å². The van der Waals surface area contributed by atoms with E-state index in [0.717, 1.165) is 12.3 Å². The van der Waals surface area contributed by atoms with Gasteiger partial charge in [-0.1, -0.05) is 0 Å². The van der Waals surface area contributed by atoms with Gasteiger partial charge in [-0.3, -0.25) is 9.59 Å². The lowest BCUT2D eigenvalue weighted by molar-refractivity contribution is -0.140. The number of methoxy groups -OCH3 is 1. The molecule has 0 saturated carbocycles. The zero-order chi connectivity index (χ0) is 15.0. The highest BCUT2D eigenvalue weighted by molar-refractivity contribution is 5.97. The molecule has 0 fully saturated rings. The van der Waals surface area contributed by atoms with Gasteiger partial charge in [0.25, 0.3) is 0 Å². The van der Waals surface area contributed by atoms with Gasteiger partial charge in [0.05, 0.1) is 13.5 Å². The van der Waals surface area contributed by atoms with Crippen molar-refractivity contribution in [1.29, 1.82) is 0 Å². The third-order valence-corrected chi connectivity index (χ3v) is 2.77. The molecule has 20 heavy (non-hydrogen) atoms. The number of carbonyl (C=O) groups excluding carboxylic acids is 2. The van der Waals surface area contributed by atoms with Gasteiger partial charge in [-0.25, -0.2) is 0 Å². The molecule has 0 heterocycles. The van der Waals surface area contributed by atoms with Crippen molar-refractivity contribution in [2.45, 2.75) is 12.8 Å². The number of hydrogen-bond acceptors (Lipinski definition) is 5. The largest absolute Gasteiger partial charge is 0.492 e. The Balaban J connectivity index is 2.45. The average Bonchev–Trinajstić information content (AvgIpc) is 2.44. The maximum atomic E-state index is 11.8. The van der Waals surface area contributed by atoms with Crippen molar-refractivity contribution >= 4 is 11.8 Å². The Morgan fingerprint density at radius 3 is 2.30 bits per heavy atom. The fourth-order valence-electron chi connectivity index (χ4n) is 1.55. The fourth-order valence-corrected chi connectivity index (χ4v) is 1.55. The topological polar surface area (TPSA) is 55.8 Å². The highest BCUT2D eigenvalue weighted by atomic mass is 16.5. The highest BCUT2D eigenvalue weighted by Crippen LogP contribution is 2.14. The molecule has 1 aromatic carbocycles. The van der Waals surface area contributed by atoms with Crippen molar-refractivity contribution in [1.82, 2.24) is 4.90 Å². The summed E-state index contributed by atoms with van der Waals surface area (Å²) < 4.78 is 10.0. The number of nitrogens with zero attached hydrogens (tertiary/aromatic N) is 1. The summed E-state index contributed by atoms with van der Waals surface area (Å²) in [7, 11) is 5.27. The second kappa shape index (κ2) is 8.32. The molecule has 0 spiro atoms. The molecular weight excluding hydrogens is 258 g/mol. The molecule has 0 amide bonds. The van der Waals surface area contributed by atoms with E-state index < -0.39 is 0 Å². The summed E-state index contributed by atoms with van der Waals surface area (Å²) in [5.41, 5.74) is 0.578. The Bertz CT molecular complexity index is 440. The zero-order valence-electron chi connectivity index (χ0n) is 12.2. The molecule has 0 saturated heterocycles. The lowest BCUT2D eigenvalue weighted by atomic mass is 10.1. The molecule has 0 bridgehead atoms. The lowest BCUT2D eigenvalue weighted by Gasteiger charge is -2.11. The van der Waals surface area contributed by atoms with Crippen molar-refractivity contribution < 1.29 is 19.1 Å². The van der Waals surface area contributed by atoms with Crippen molar-refractivity contribution in [2.75, 3.05) is 34.4 Å². The molecule has 0 aliphatic carbocycles. The smallest absolute Gasteiger partial charge is 0.305 e. The van der Waals surface area contributed by atoms with Crippen LogP contribution in [0.5, 0.6) is 5.75 Å². The van der Waals surface area contributed by atoms with Gasteiger partial charge in [0.2, 0.25) is 0 Å². The number of benzene rings is 1. The van der Waals surface area contributed by atoms with Crippen LogP contribution in [0.3, 0.4) is 0 Å². The minimum Gasteiger partial charge on any atom is -0.492 e. The first-order chi connectivity index (χ1) is 9.52. The number of Topliss-reactive ketones (excluding diaryl/α,β-unsaturated/α-hetero) is 1. The van der Waals surface area contributed by atoms with E-state index in [-0.39, 0.29) is 24.6 Å². The van der Waals surface area contributed by atoms with Gasteiger partial charge in [0.1, 0.15) is 12.4 Å². The predicted octanol–water partition coefficient (Wildman–Crippen LogP) is 1.76. The van der Waals surface area contributed by atoms with Gasteiger partial charge in [-0.2, -0.15) is 0 Å². The molecular formula is C15H21NO4. The Labute approximate surface area is 119 Å². The van der Waals surface area contributed by atoms with Crippen LogP contribution in [-0.2, 0) is 9.53 Å². The van der Waals surface area contributed by atoms with Crippen molar-refractivity contribution in [3.63, 3.8) is 0 Å². The summed E-state index contributed by atoms with van der Waals surface area (Å²) in [6.45, 7) is 1.43. The standard InChI is InChI=1S/C15H21NO4/c1-16(2)10-11-20-13-6-4-12(5-7-13)14(17)8-9-15(18)19-3/h4-7H,8-11H2,1-3H3. The van der Waals surface area contributed by atoms with Crippen LogP contribution in [-0.4, -0.2) is 51.0 Å². The first kappa shape index (κ1) is 16.2. The monoisotopic (exact) mass is 279 g/mol. The van der Waals surface area contributed by atoms with E-state index in [1.165, 1.54) is 7.11 Å². The van der Waals surface area contributed by atoms with Crippen LogP contribution in [0.2, 0.25) is 0 Å². The molecule has 0 radical (unpaired) electrons. The minimum absolute atomic E-state index is 0.0739. The van der Waals surface area contributed by atoms with Gasteiger partial charge >= 0.3 is 5.97 Å². The SMILES string of the molecule is COC(=O)CCC(=O)c1ccc(OCCN(C)C)cc1. The second-order valence-electron chi connectivity index (χ2n) is 4.68. The first-order valence-corrected chi connectivity index (χ1v) is 6.50. The van der Waals surface area contributed by atoms with Crippen LogP contribution < -0.4 is 4.74 Å². The fraction of sp³-hybridized carbons (Fsp3) is 0.467. The summed E-state index contributed by atoms with van der Waals surface area (Å²) in [6.07, 6.45) is 0.268. The van der Waals surface area contributed by atoms with Gasteiger partial charge < -0.3 is 14.4 Å². The van der Waals surface area contributed by atoms with Crippen LogP contribution in [0.15, 0.2) is 24.3 Å². The van der Waals surface area contributed by atoms with Gasteiger partial charge in [0, 0.05) is 18.5 Å². The molecule has 0 aliphatic rings. The molecule has 0 N–H and O–H groups in total. The van der Waals surface area contributed by atoms with Crippen molar-refractivity contribution in [2.24, 2.45) is 0 Å². The molecule has 1 rings (SSSR count). The number of ketones is 1. The predicted molar refractivity (Wildman–Crippen MR) is 76.1 cm³/mol. The Hall–Kier alpha value is -1.88. The third kappa shape index (κ3) is 5.84. The summed E-state index contributed by atoms with van der Waals surface area (Å²) in [4.78, 5) is 24.8. The van der Waals surface area contributed by atoms with Gasteiger partial charge in [-0.05, 0) is 38.4 Å². The minimum atomic E-state index is -0.373. The Morgan fingerprint density at radius 1 is 1.10 bits per heavy atom. The number of ether oxygens (including phenoxy) is 2. The molecule has 0 aliphatic heterocycles. The van der Waals surface area contributed by atoms with E-state index in [0.29, 0.717) is 12.2 Å². The van der Waals surface area contributed by atoms with Crippen LogP contribution >= 0.6 is 0 Å². The Kier molecular flexibility index (Phi) is 6.73. The maximum Gasteiger partial charge on any atom is 0.305 e. The molecule has 5 nitrogen and oxygen atoms in total. The number of esters is 1. The summed E-state index contributed by atoms with van der Waals surface area (Å²) in [5.74, 6) is 0.286. The number of carbonyl (C=O) groups is 2. The summed E-state index contributed by atoms with van der Waals surface area (Å²) >= 11 is 0. The normalized spacial score (nSPS) is 10.4. The van der Waals surface area contributed by atoms with Crippen molar-refractivity contribution in [3.8, 4) is 5.75 Å².